The molecule has 1 fully saturated rings. The molecule has 1 amide bonds. The van der Waals surface area contributed by atoms with E-state index in [1.54, 1.807) is 6.07 Å². The molecule has 0 radical (unpaired) electrons. The van der Waals surface area contributed by atoms with E-state index in [1.807, 2.05) is 18.2 Å². The van der Waals surface area contributed by atoms with Crippen molar-refractivity contribution in [1.82, 2.24) is 5.32 Å². The van der Waals surface area contributed by atoms with Gasteiger partial charge >= 0.3 is 0 Å². The number of furan rings is 1. The first kappa shape index (κ1) is 13.9. The summed E-state index contributed by atoms with van der Waals surface area (Å²) in [5.41, 5.74) is 6.99. The Morgan fingerprint density at radius 1 is 1.24 bits per heavy atom. The summed E-state index contributed by atoms with van der Waals surface area (Å²) in [6.07, 6.45) is 5.70. The van der Waals surface area contributed by atoms with Gasteiger partial charge in [-0.2, -0.15) is 0 Å². The molecule has 0 saturated heterocycles. The normalized spacial score (nSPS) is 16.8. The second-order valence-corrected chi connectivity index (χ2v) is 5.62. The Morgan fingerprint density at radius 2 is 1.95 bits per heavy atom. The first-order valence-corrected chi connectivity index (χ1v) is 7.39. The van der Waals surface area contributed by atoms with Crippen LogP contribution in [0.15, 0.2) is 47.1 Å². The van der Waals surface area contributed by atoms with Gasteiger partial charge in [0, 0.05) is 0 Å². The summed E-state index contributed by atoms with van der Waals surface area (Å²) in [5, 5.41) is 3.22. The van der Waals surface area contributed by atoms with Crippen molar-refractivity contribution in [3.8, 4) is 0 Å². The van der Waals surface area contributed by atoms with Crippen LogP contribution in [0.1, 0.15) is 47.4 Å². The van der Waals surface area contributed by atoms with Crippen LogP contribution in [0.3, 0.4) is 0 Å². The van der Waals surface area contributed by atoms with E-state index in [-0.39, 0.29) is 11.4 Å². The van der Waals surface area contributed by atoms with E-state index in [2.05, 4.69) is 17.4 Å². The zero-order valence-electron chi connectivity index (χ0n) is 12.0. The monoisotopic (exact) mass is 284 g/mol. The van der Waals surface area contributed by atoms with Gasteiger partial charge in [-0.3, -0.25) is 4.79 Å². The van der Waals surface area contributed by atoms with Gasteiger partial charge in [-0.15, -0.1) is 0 Å². The van der Waals surface area contributed by atoms with Crippen molar-refractivity contribution in [2.45, 2.75) is 37.8 Å². The number of nitrogens with two attached hydrogens (primary N) is 1. The molecule has 110 valence electrons. The van der Waals surface area contributed by atoms with Gasteiger partial charge in [0.25, 0.3) is 5.91 Å². The highest BCUT2D eigenvalue weighted by Gasteiger charge is 2.37. The maximum absolute atomic E-state index is 12.5. The van der Waals surface area contributed by atoms with Crippen LogP contribution in [0.4, 0.5) is 0 Å². The van der Waals surface area contributed by atoms with Gasteiger partial charge in [-0.1, -0.05) is 43.2 Å². The molecule has 1 aromatic carbocycles. The van der Waals surface area contributed by atoms with E-state index in [4.69, 9.17) is 10.2 Å². The molecule has 0 aliphatic heterocycles. The second kappa shape index (κ2) is 5.74. The number of hydrogen-bond donors (Lipinski definition) is 2. The zero-order chi connectivity index (χ0) is 14.7. The Morgan fingerprint density at radius 3 is 2.57 bits per heavy atom. The molecule has 3 N–H and O–H groups in total. The van der Waals surface area contributed by atoms with Crippen LogP contribution >= 0.6 is 0 Å². The molecule has 0 bridgehead atoms. The van der Waals surface area contributed by atoms with Crippen molar-refractivity contribution < 1.29 is 9.21 Å². The highest BCUT2D eigenvalue weighted by atomic mass is 16.3. The molecule has 1 aromatic heterocycles. The molecule has 0 atom stereocenters. The SMILES string of the molecule is NCc1cc(C(=O)NC2(c3ccccc3)CCCC2)co1. The van der Waals surface area contributed by atoms with Crippen molar-refractivity contribution in [3.63, 3.8) is 0 Å². The topological polar surface area (TPSA) is 68.3 Å². The summed E-state index contributed by atoms with van der Waals surface area (Å²) in [6.45, 7) is 0.303. The summed E-state index contributed by atoms with van der Waals surface area (Å²) in [6, 6.07) is 11.9. The third-order valence-electron chi connectivity index (χ3n) is 4.25. The molecule has 1 aliphatic carbocycles. The molecular weight excluding hydrogens is 264 g/mol. The Kier molecular flexibility index (Phi) is 3.80. The van der Waals surface area contributed by atoms with E-state index in [1.165, 1.54) is 11.8 Å². The zero-order valence-corrected chi connectivity index (χ0v) is 12.0. The minimum absolute atomic E-state index is 0.0933. The van der Waals surface area contributed by atoms with Crippen molar-refractivity contribution in [2.24, 2.45) is 5.73 Å². The van der Waals surface area contributed by atoms with E-state index in [0.29, 0.717) is 17.9 Å². The maximum atomic E-state index is 12.5. The van der Waals surface area contributed by atoms with Crippen LogP contribution in [-0.2, 0) is 12.1 Å². The standard InChI is InChI=1S/C17H20N2O2/c18-11-15-10-13(12-21-15)16(20)19-17(8-4-5-9-17)14-6-2-1-3-7-14/h1-3,6-7,10,12H,4-5,8-9,11,18H2,(H,19,20). The van der Waals surface area contributed by atoms with Crippen LogP contribution in [0.25, 0.3) is 0 Å². The smallest absolute Gasteiger partial charge is 0.255 e. The Labute approximate surface area is 124 Å². The lowest BCUT2D eigenvalue weighted by Crippen LogP contribution is -2.43. The van der Waals surface area contributed by atoms with Crippen LogP contribution in [0.2, 0.25) is 0 Å². The minimum Gasteiger partial charge on any atom is -0.467 e. The van der Waals surface area contributed by atoms with Crippen molar-refractivity contribution in [2.75, 3.05) is 0 Å². The first-order valence-electron chi connectivity index (χ1n) is 7.39. The molecule has 21 heavy (non-hydrogen) atoms. The highest BCUT2D eigenvalue weighted by molar-refractivity contribution is 5.94. The number of rotatable bonds is 4. The molecule has 2 aromatic rings. The van der Waals surface area contributed by atoms with Gasteiger partial charge in [0.1, 0.15) is 12.0 Å². The highest BCUT2D eigenvalue weighted by Crippen LogP contribution is 2.38. The number of nitrogens with one attached hydrogen (secondary N) is 1. The van der Waals surface area contributed by atoms with Crippen molar-refractivity contribution in [3.05, 3.63) is 59.5 Å². The molecule has 0 spiro atoms. The van der Waals surface area contributed by atoms with E-state index < -0.39 is 0 Å². The molecule has 0 unspecified atom stereocenters. The fourth-order valence-electron chi connectivity index (χ4n) is 3.12. The maximum Gasteiger partial charge on any atom is 0.255 e. The third-order valence-corrected chi connectivity index (χ3v) is 4.25. The summed E-state index contributed by atoms with van der Waals surface area (Å²) >= 11 is 0. The lowest BCUT2D eigenvalue weighted by Gasteiger charge is -2.31. The van der Waals surface area contributed by atoms with Gasteiger partial charge in [0.05, 0.1) is 17.6 Å². The number of hydrogen-bond acceptors (Lipinski definition) is 3. The minimum atomic E-state index is -0.251. The number of amides is 1. The quantitative estimate of drug-likeness (QED) is 0.907. The summed E-state index contributed by atoms with van der Waals surface area (Å²) in [4.78, 5) is 12.5. The van der Waals surface area contributed by atoms with Crippen LogP contribution in [0, 0.1) is 0 Å². The van der Waals surface area contributed by atoms with Gasteiger partial charge in [-0.25, -0.2) is 0 Å². The Balaban J connectivity index is 1.84. The van der Waals surface area contributed by atoms with Crippen LogP contribution < -0.4 is 11.1 Å². The van der Waals surface area contributed by atoms with Gasteiger partial charge in [-0.05, 0) is 24.5 Å². The predicted molar refractivity (Wildman–Crippen MR) is 80.7 cm³/mol. The Bertz CT molecular complexity index is 613. The Hall–Kier alpha value is -2.07. The average molecular weight is 284 g/mol. The fraction of sp³-hybridized carbons (Fsp3) is 0.353. The van der Waals surface area contributed by atoms with Crippen molar-refractivity contribution in [1.29, 1.82) is 0 Å². The van der Waals surface area contributed by atoms with Gasteiger partial charge < -0.3 is 15.5 Å². The van der Waals surface area contributed by atoms with Crippen LogP contribution in [-0.4, -0.2) is 5.91 Å². The van der Waals surface area contributed by atoms with Crippen LogP contribution in [0.5, 0.6) is 0 Å². The molecule has 1 saturated carbocycles. The van der Waals surface area contributed by atoms with E-state index >= 15 is 0 Å². The van der Waals surface area contributed by atoms with E-state index in [0.717, 1.165) is 25.7 Å². The summed E-state index contributed by atoms with van der Waals surface area (Å²) in [7, 11) is 0. The van der Waals surface area contributed by atoms with Gasteiger partial charge in [0.15, 0.2) is 0 Å². The largest absolute Gasteiger partial charge is 0.467 e. The lowest BCUT2D eigenvalue weighted by atomic mass is 9.88. The predicted octanol–water partition coefficient (Wildman–Crippen LogP) is 2.94. The van der Waals surface area contributed by atoms with E-state index in [9.17, 15) is 4.79 Å². The summed E-state index contributed by atoms with van der Waals surface area (Å²) < 4.78 is 5.25. The molecule has 3 rings (SSSR count). The summed E-state index contributed by atoms with van der Waals surface area (Å²) in [5.74, 6) is 0.532. The van der Waals surface area contributed by atoms with Gasteiger partial charge in [0.2, 0.25) is 0 Å². The average Bonchev–Trinajstić information content (AvgIpc) is 3.18. The lowest BCUT2D eigenvalue weighted by molar-refractivity contribution is 0.0897. The molecule has 4 heteroatoms. The number of carbonyl (C=O) groups is 1. The molecule has 4 nitrogen and oxygen atoms in total. The fourth-order valence-corrected chi connectivity index (χ4v) is 3.12. The third kappa shape index (κ3) is 2.72. The molecule has 1 aliphatic rings. The number of benzene rings is 1. The molecule has 1 heterocycles. The molecular formula is C17H20N2O2. The first-order chi connectivity index (χ1) is 10.2. The second-order valence-electron chi connectivity index (χ2n) is 5.62. The van der Waals surface area contributed by atoms with Crippen molar-refractivity contribution >= 4 is 5.91 Å². The number of carbonyl (C=O) groups excluding carboxylic acids is 1.